The van der Waals surface area contributed by atoms with Crippen molar-refractivity contribution in [2.24, 2.45) is 5.41 Å². The third-order valence-corrected chi connectivity index (χ3v) is 6.64. The lowest BCUT2D eigenvalue weighted by atomic mass is 9.84. The first-order valence-corrected chi connectivity index (χ1v) is 10.0. The first-order chi connectivity index (χ1) is 12.2. The van der Waals surface area contributed by atoms with Crippen LogP contribution in [0.4, 0.5) is 0 Å². The molecule has 2 aromatic rings. The summed E-state index contributed by atoms with van der Waals surface area (Å²) in [6, 6.07) is 10.4. The number of aromatic nitrogens is 3. The minimum absolute atomic E-state index is 0.201. The fourth-order valence-corrected chi connectivity index (χ4v) is 5.24. The fourth-order valence-electron chi connectivity index (χ4n) is 4.55. The van der Waals surface area contributed by atoms with E-state index in [1.807, 2.05) is 25.1 Å². The summed E-state index contributed by atoms with van der Waals surface area (Å²) in [7, 11) is 0. The molecule has 0 bridgehead atoms. The average Bonchev–Trinajstić information content (AvgIpc) is 2.90. The van der Waals surface area contributed by atoms with Gasteiger partial charge in [-0.05, 0) is 37.2 Å². The number of thioether (sulfide) groups is 1. The van der Waals surface area contributed by atoms with E-state index in [1.54, 1.807) is 11.8 Å². The number of benzene rings is 1. The van der Waals surface area contributed by atoms with Gasteiger partial charge >= 0.3 is 0 Å². The minimum atomic E-state index is -0.309. The summed E-state index contributed by atoms with van der Waals surface area (Å²) in [5, 5.41) is 10.9. The predicted molar refractivity (Wildman–Crippen MR) is 98.5 cm³/mol. The molecule has 4 rings (SSSR count). The zero-order valence-electron chi connectivity index (χ0n) is 14.5. The Morgan fingerprint density at radius 3 is 2.72 bits per heavy atom. The molecule has 1 aromatic heterocycles. The Morgan fingerprint density at radius 2 is 2.04 bits per heavy atom. The Morgan fingerprint density at radius 1 is 1.28 bits per heavy atom. The number of carbonyl (C=O) groups excluding carboxylic acids is 1. The highest BCUT2D eigenvalue weighted by Gasteiger charge is 2.72. The second kappa shape index (κ2) is 6.48. The summed E-state index contributed by atoms with van der Waals surface area (Å²) in [5.74, 6) is 1.80. The molecule has 2 saturated carbocycles. The van der Waals surface area contributed by atoms with Crippen LogP contribution in [0, 0.1) is 12.3 Å². The van der Waals surface area contributed by atoms with Crippen molar-refractivity contribution in [3.63, 3.8) is 0 Å². The summed E-state index contributed by atoms with van der Waals surface area (Å²) in [5.41, 5.74) is 1.08. The van der Waals surface area contributed by atoms with Crippen molar-refractivity contribution in [3.05, 3.63) is 41.7 Å². The molecular formula is C19H24N4OS. The van der Waals surface area contributed by atoms with Gasteiger partial charge in [0.2, 0.25) is 11.1 Å². The molecular weight excluding hydrogens is 332 g/mol. The van der Waals surface area contributed by atoms with Gasteiger partial charge in [0.1, 0.15) is 5.82 Å². The van der Waals surface area contributed by atoms with Crippen molar-refractivity contribution >= 4 is 17.7 Å². The fraction of sp³-hybridized carbons (Fsp3) is 0.526. The summed E-state index contributed by atoms with van der Waals surface area (Å²) in [6.07, 6.45) is 5.87. The Bertz CT molecular complexity index is 754. The molecule has 6 heteroatoms. The van der Waals surface area contributed by atoms with Gasteiger partial charge in [0.05, 0.1) is 5.41 Å². The van der Waals surface area contributed by atoms with Gasteiger partial charge in [0.25, 0.3) is 0 Å². The summed E-state index contributed by atoms with van der Waals surface area (Å²) >= 11 is 1.57. The lowest BCUT2D eigenvalue weighted by Gasteiger charge is -2.22. The van der Waals surface area contributed by atoms with Crippen LogP contribution in [-0.2, 0) is 10.2 Å². The molecule has 1 amide bonds. The molecule has 2 aliphatic rings. The van der Waals surface area contributed by atoms with Crippen LogP contribution < -0.4 is 5.32 Å². The molecule has 2 aliphatic carbocycles. The van der Waals surface area contributed by atoms with Crippen LogP contribution in [-0.4, -0.2) is 33.4 Å². The van der Waals surface area contributed by atoms with Crippen LogP contribution in [0.1, 0.15) is 43.5 Å². The second-order valence-corrected chi connectivity index (χ2v) is 8.31. The van der Waals surface area contributed by atoms with Gasteiger partial charge in [-0.15, -0.1) is 5.10 Å². The highest BCUT2D eigenvalue weighted by Crippen LogP contribution is 2.72. The van der Waals surface area contributed by atoms with E-state index in [0.29, 0.717) is 6.54 Å². The van der Waals surface area contributed by atoms with Crippen LogP contribution in [0.25, 0.3) is 0 Å². The molecule has 0 saturated heterocycles. The predicted octanol–water partition coefficient (Wildman–Crippen LogP) is 3.22. The average molecular weight is 356 g/mol. The highest BCUT2D eigenvalue weighted by molar-refractivity contribution is 7.99. The van der Waals surface area contributed by atoms with Crippen molar-refractivity contribution in [2.45, 2.75) is 49.6 Å². The van der Waals surface area contributed by atoms with Crippen LogP contribution in [0.15, 0.2) is 35.5 Å². The Hall–Kier alpha value is -1.82. The number of amides is 1. The van der Waals surface area contributed by atoms with Gasteiger partial charge in [-0.2, -0.15) is 0 Å². The molecule has 0 unspecified atom stereocenters. The van der Waals surface area contributed by atoms with E-state index < -0.39 is 0 Å². The number of carbonyl (C=O) groups is 1. The van der Waals surface area contributed by atoms with Crippen LogP contribution in [0.2, 0.25) is 0 Å². The molecule has 0 radical (unpaired) electrons. The Balaban J connectivity index is 1.41. The van der Waals surface area contributed by atoms with Gasteiger partial charge in [0, 0.05) is 12.3 Å². The maximum absolute atomic E-state index is 13.1. The summed E-state index contributed by atoms with van der Waals surface area (Å²) < 4.78 is 0. The van der Waals surface area contributed by atoms with E-state index >= 15 is 0 Å². The number of aromatic amines is 1. The van der Waals surface area contributed by atoms with Crippen molar-refractivity contribution in [1.29, 1.82) is 0 Å². The molecule has 25 heavy (non-hydrogen) atoms. The first kappa shape index (κ1) is 16.6. The molecule has 1 aromatic carbocycles. The second-order valence-electron chi connectivity index (χ2n) is 7.24. The number of rotatable bonds is 6. The van der Waals surface area contributed by atoms with Crippen molar-refractivity contribution < 1.29 is 4.79 Å². The summed E-state index contributed by atoms with van der Waals surface area (Å²) in [6.45, 7) is 2.53. The molecule has 1 heterocycles. The lowest BCUT2D eigenvalue weighted by molar-refractivity contribution is -0.124. The Kier molecular flexibility index (Phi) is 4.31. The van der Waals surface area contributed by atoms with Gasteiger partial charge in [-0.25, -0.2) is 4.98 Å². The van der Waals surface area contributed by atoms with Gasteiger partial charge in [-0.3, -0.25) is 9.89 Å². The number of aryl methyl sites for hydroxylation is 1. The maximum Gasteiger partial charge on any atom is 0.231 e. The quantitative estimate of drug-likeness (QED) is 0.616. The van der Waals surface area contributed by atoms with Gasteiger partial charge < -0.3 is 5.32 Å². The van der Waals surface area contributed by atoms with Gasteiger partial charge in [-0.1, -0.05) is 54.9 Å². The van der Waals surface area contributed by atoms with E-state index in [0.717, 1.165) is 23.2 Å². The molecule has 2 N–H and O–H groups in total. The smallest absolute Gasteiger partial charge is 0.231 e. The van der Waals surface area contributed by atoms with Crippen LogP contribution in [0.5, 0.6) is 0 Å². The van der Waals surface area contributed by atoms with E-state index in [4.69, 9.17) is 0 Å². The number of nitrogens with one attached hydrogen (secondary N) is 2. The third-order valence-electron chi connectivity index (χ3n) is 5.79. The van der Waals surface area contributed by atoms with Crippen molar-refractivity contribution in [2.75, 3.05) is 12.3 Å². The molecule has 1 spiro atoms. The van der Waals surface area contributed by atoms with Crippen molar-refractivity contribution in [3.8, 4) is 0 Å². The van der Waals surface area contributed by atoms with Gasteiger partial charge in [0.15, 0.2) is 0 Å². The maximum atomic E-state index is 13.1. The third kappa shape index (κ3) is 2.86. The molecule has 5 nitrogen and oxygen atoms in total. The molecule has 0 aliphatic heterocycles. The first-order valence-electron chi connectivity index (χ1n) is 9.02. The normalized spacial score (nSPS) is 23.7. The standard InChI is InChI=1S/C19H24N4OS/c1-14-21-17(23-22-14)25-12-11-20-16(24)19(15-7-3-2-4-8-15)13-18(19)9-5-6-10-18/h2-4,7-8H,5-6,9-13H2,1H3,(H,20,24)(H,21,22,23)/t19-/m1/s1. The monoisotopic (exact) mass is 356 g/mol. The minimum Gasteiger partial charge on any atom is -0.354 e. The molecule has 1 atom stereocenters. The number of hydrogen-bond donors (Lipinski definition) is 2. The zero-order chi connectivity index (χ0) is 17.3. The lowest BCUT2D eigenvalue weighted by Crippen LogP contribution is -2.39. The van der Waals surface area contributed by atoms with E-state index in [-0.39, 0.29) is 16.7 Å². The number of H-pyrrole nitrogens is 1. The van der Waals surface area contributed by atoms with E-state index in [9.17, 15) is 4.79 Å². The topological polar surface area (TPSA) is 70.7 Å². The number of nitrogens with zero attached hydrogens (tertiary/aromatic N) is 2. The largest absolute Gasteiger partial charge is 0.354 e. The highest BCUT2D eigenvalue weighted by atomic mass is 32.2. The molecule has 132 valence electrons. The van der Waals surface area contributed by atoms with Crippen LogP contribution in [0.3, 0.4) is 0 Å². The van der Waals surface area contributed by atoms with E-state index in [1.165, 1.54) is 31.2 Å². The SMILES string of the molecule is Cc1nc(SCCNC(=O)[C@]2(c3ccccc3)CC23CCCC3)n[nH]1. The Labute approximate surface area is 152 Å². The number of hydrogen-bond acceptors (Lipinski definition) is 4. The zero-order valence-corrected chi connectivity index (χ0v) is 15.4. The van der Waals surface area contributed by atoms with Crippen LogP contribution >= 0.6 is 11.8 Å². The van der Waals surface area contributed by atoms with E-state index in [2.05, 4.69) is 32.6 Å². The van der Waals surface area contributed by atoms with Crippen molar-refractivity contribution in [1.82, 2.24) is 20.5 Å². The molecule has 2 fully saturated rings. The summed E-state index contributed by atoms with van der Waals surface area (Å²) in [4.78, 5) is 17.4.